The second-order valence-electron chi connectivity index (χ2n) is 5.88. The predicted octanol–water partition coefficient (Wildman–Crippen LogP) is 3.60. The first-order chi connectivity index (χ1) is 13.4. The van der Waals surface area contributed by atoms with Gasteiger partial charge in [0.2, 0.25) is 0 Å². The number of carbonyl (C=O) groups is 3. The van der Waals surface area contributed by atoms with Crippen molar-refractivity contribution >= 4 is 34.2 Å². The third-order valence-corrected chi connectivity index (χ3v) is 5.14. The Hall–Kier alpha value is -2.71. The van der Waals surface area contributed by atoms with E-state index in [1.807, 2.05) is 19.1 Å². The van der Waals surface area contributed by atoms with Crippen LogP contribution in [0.15, 0.2) is 24.3 Å². The number of anilines is 1. The number of benzene rings is 1. The predicted molar refractivity (Wildman–Crippen MR) is 106 cm³/mol. The largest absolute Gasteiger partial charge is 0.462 e. The quantitative estimate of drug-likeness (QED) is 0.533. The third kappa shape index (κ3) is 4.96. The summed E-state index contributed by atoms with van der Waals surface area (Å²) in [6, 6.07) is 7.10. The molecule has 0 saturated carbocycles. The number of aryl methyl sites for hydroxylation is 1. The molecule has 7 nitrogen and oxygen atoms in total. The summed E-state index contributed by atoms with van der Waals surface area (Å²) in [4.78, 5) is 37.7. The molecule has 0 atom stereocenters. The Labute approximate surface area is 167 Å². The molecule has 1 amide bonds. The van der Waals surface area contributed by atoms with Gasteiger partial charge in [0.05, 0.1) is 18.8 Å². The van der Waals surface area contributed by atoms with Gasteiger partial charge in [-0.1, -0.05) is 18.2 Å². The number of amides is 1. The maximum atomic E-state index is 12.7. The lowest BCUT2D eigenvalue weighted by Crippen LogP contribution is -2.15. The van der Waals surface area contributed by atoms with Gasteiger partial charge in [-0.05, 0) is 38.0 Å². The molecule has 0 bridgehead atoms. The van der Waals surface area contributed by atoms with Gasteiger partial charge in [0.1, 0.15) is 16.5 Å². The fraction of sp³-hybridized carbons (Fsp3) is 0.350. The minimum atomic E-state index is -0.604. The summed E-state index contributed by atoms with van der Waals surface area (Å²) in [5.74, 6) is -1.56. The van der Waals surface area contributed by atoms with Crippen molar-refractivity contribution < 1.29 is 28.6 Å². The fourth-order valence-electron chi connectivity index (χ4n) is 2.53. The maximum absolute atomic E-state index is 12.7. The molecule has 28 heavy (non-hydrogen) atoms. The van der Waals surface area contributed by atoms with E-state index in [0.29, 0.717) is 11.1 Å². The minimum Gasteiger partial charge on any atom is -0.462 e. The lowest BCUT2D eigenvalue weighted by molar-refractivity contribution is 0.0392. The van der Waals surface area contributed by atoms with Crippen LogP contribution in [0, 0.1) is 13.8 Å². The molecule has 0 aliphatic heterocycles. The van der Waals surface area contributed by atoms with Gasteiger partial charge in [-0.15, -0.1) is 11.3 Å². The maximum Gasteiger partial charge on any atom is 0.348 e. The molecular weight excluding hydrogens is 382 g/mol. The van der Waals surface area contributed by atoms with Gasteiger partial charge in [0, 0.05) is 12.7 Å². The van der Waals surface area contributed by atoms with Crippen LogP contribution in [0.4, 0.5) is 5.00 Å². The summed E-state index contributed by atoms with van der Waals surface area (Å²) in [7, 11) is 1.50. The molecule has 8 heteroatoms. The summed E-state index contributed by atoms with van der Waals surface area (Å²) >= 11 is 0.987. The van der Waals surface area contributed by atoms with Crippen molar-refractivity contribution in [2.24, 2.45) is 0 Å². The lowest BCUT2D eigenvalue weighted by Gasteiger charge is -2.08. The van der Waals surface area contributed by atoms with Crippen molar-refractivity contribution in [2.45, 2.75) is 20.8 Å². The highest BCUT2D eigenvalue weighted by molar-refractivity contribution is 7.18. The number of thiophene rings is 1. The van der Waals surface area contributed by atoms with Crippen molar-refractivity contribution in [3.8, 4) is 0 Å². The molecule has 1 N–H and O–H groups in total. The van der Waals surface area contributed by atoms with Crippen LogP contribution < -0.4 is 5.32 Å². The summed E-state index contributed by atoms with van der Waals surface area (Å²) in [5.41, 5.74) is 1.84. The zero-order chi connectivity index (χ0) is 20.7. The Morgan fingerprint density at radius 3 is 2.39 bits per heavy atom. The number of methoxy groups -OCH3 is 1. The number of nitrogens with one attached hydrogen (secondary N) is 1. The summed E-state index contributed by atoms with van der Waals surface area (Å²) in [5, 5.41) is 2.99. The number of hydrogen-bond donors (Lipinski definition) is 1. The molecular formula is C20H23NO6S. The van der Waals surface area contributed by atoms with E-state index in [9.17, 15) is 14.4 Å². The van der Waals surface area contributed by atoms with Gasteiger partial charge in [0.15, 0.2) is 0 Å². The standard InChI is InChI=1S/C20H23NO6S/c1-5-26-19(23)15-13(3)16(20(24)27-11-10-25-4)28-18(15)21-17(22)14-9-7-6-8-12(14)2/h6-9H,5,10-11H2,1-4H3,(H,21,22). The van der Waals surface area contributed by atoms with Crippen LogP contribution in [0.1, 0.15) is 48.4 Å². The Bertz CT molecular complexity index is 874. The van der Waals surface area contributed by atoms with Crippen LogP contribution in [0.5, 0.6) is 0 Å². The SMILES string of the molecule is CCOC(=O)c1c(NC(=O)c2ccccc2C)sc(C(=O)OCCOC)c1C. The Morgan fingerprint density at radius 1 is 1.04 bits per heavy atom. The average molecular weight is 405 g/mol. The first-order valence-electron chi connectivity index (χ1n) is 8.74. The van der Waals surface area contributed by atoms with Crippen LogP contribution in [-0.4, -0.2) is 44.8 Å². The molecule has 150 valence electrons. The van der Waals surface area contributed by atoms with E-state index in [4.69, 9.17) is 14.2 Å². The fourth-order valence-corrected chi connectivity index (χ4v) is 3.61. The molecule has 0 aliphatic carbocycles. The Kier molecular flexibility index (Phi) is 7.71. The van der Waals surface area contributed by atoms with Gasteiger partial charge in [-0.3, -0.25) is 4.79 Å². The number of ether oxygens (including phenoxy) is 3. The molecule has 0 unspecified atom stereocenters. The second-order valence-corrected chi connectivity index (χ2v) is 6.90. The van der Waals surface area contributed by atoms with E-state index in [-0.39, 0.29) is 41.2 Å². The molecule has 1 aromatic heterocycles. The zero-order valence-corrected chi connectivity index (χ0v) is 17.1. The second kappa shape index (κ2) is 10.0. The molecule has 1 heterocycles. The topological polar surface area (TPSA) is 90.9 Å². The van der Waals surface area contributed by atoms with Gasteiger partial charge < -0.3 is 19.5 Å². The molecule has 0 spiro atoms. The van der Waals surface area contributed by atoms with E-state index in [0.717, 1.165) is 16.9 Å². The molecule has 1 aromatic carbocycles. The first-order valence-corrected chi connectivity index (χ1v) is 9.55. The summed E-state index contributed by atoms with van der Waals surface area (Å²) in [6.45, 7) is 5.65. The average Bonchev–Trinajstić information content (AvgIpc) is 2.98. The number of carbonyl (C=O) groups excluding carboxylic acids is 3. The molecule has 0 fully saturated rings. The first kappa shape index (κ1) is 21.6. The van der Waals surface area contributed by atoms with Crippen molar-refractivity contribution in [3.05, 3.63) is 51.4 Å². The van der Waals surface area contributed by atoms with E-state index in [2.05, 4.69) is 5.32 Å². The number of rotatable bonds is 8. The van der Waals surface area contributed by atoms with Gasteiger partial charge in [0.25, 0.3) is 5.91 Å². The van der Waals surface area contributed by atoms with E-state index >= 15 is 0 Å². The van der Waals surface area contributed by atoms with E-state index in [1.165, 1.54) is 7.11 Å². The van der Waals surface area contributed by atoms with Gasteiger partial charge in [-0.2, -0.15) is 0 Å². The summed E-state index contributed by atoms with van der Waals surface area (Å²) in [6.07, 6.45) is 0. The van der Waals surface area contributed by atoms with Crippen molar-refractivity contribution in [1.29, 1.82) is 0 Å². The molecule has 2 aromatic rings. The normalized spacial score (nSPS) is 10.4. The van der Waals surface area contributed by atoms with Crippen LogP contribution in [0.3, 0.4) is 0 Å². The third-order valence-electron chi connectivity index (χ3n) is 3.95. The Morgan fingerprint density at radius 2 is 1.75 bits per heavy atom. The van der Waals surface area contributed by atoms with E-state index < -0.39 is 11.9 Å². The molecule has 0 radical (unpaired) electrons. The smallest absolute Gasteiger partial charge is 0.348 e. The van der Waals surface area contributed by atoms with Crippen LogP contribution in [-0.2, 0) is 14.2 Å². The van der Waals surface area contributed by atoms with Crippen molar-refractivity contribution in [1.82, 2.24) is 0 Å². The van der Waals surface area contributed by atoms with Gasteiger partial charge >= 0.3 is 11.9 Å². The number of hydrogen-bond acceptors (Lipinski definition) is 7. The van der Waals surface area contributed by atoms with Gasteiger partial charge in [-0.25, -0.2) is 9.59 Å². The highest BCUT2D eigenvalue weighted by Gasteiger charge is 2.27. The highest BCUT2D eigenvalue weighted by Crippen LogP contribution is 2.34. The van der Waals surface area contributed by atoms with Crippen LogP contribution in [0.2, 0.25) is 0 Å². The minimum absolute atomic E-state index is 0.0896. The number of esters is 2. The van der Waals surface area contributed by atoms with Crippen molar-refractivity contribution in [2.75, 3.05) is 32.2 Å². The Balaban J connectivity index is 2.37. The van der Waals surface area contributed by atoms with Crippen LogP contribution in [0.25, 0.3) is 0 Å². The molecule has 0 aliphatic rings. The monoisotopic (exact) mass is 405 g/mol. The molecule has 0 saturated heterocycles. The van der Waals surface area contributed by atoms with Crippen molar-refractivity contribution in [3.63, 3.8) is 0 Å². The molecule has 2 rings (SSSR count). The zero-order valence-electron chi connectivity index (χ0n) is 16.3. The summed E-state index contributed by atoms with van der Waals surface area (Å²) < 4.78 is 15.1. The highest BCUT2D eigenvalue weighted by atomic mass is 32.1. The van der Waals surface area contributed by atoms with E-state index in [1.54, 1.807) is 26.0 Å². The van der Waals surface area contributed by atoms with Crippen LogP contribution >= 0.6 is 11.3 Å². The lowest BCUT2D eigenvalue weighted by atomic mass is 10.1.